The Kier molecular flexibility index (Phi) is 5.99. The molecule has 0 fully saturated rings. The molecule has 7 nitrogen and oxygen atoms in total. The van der Waals surface area contributed by atoms with Gasteiger partial charge in [-0.15, -0.1) is 5.10 Å². The number of benzene rings is 2. The zero-order chi connectivity index (χ0) is 20.3. The lowest BCUT2D eigenvalue weighted by Crippen LogP contribution is -2.23. The number of aromatic nitrogens is 4. The largest absolute Gasteiger partial charge is 0.495 e. The quantitative estimate of drug-likeness (QED) is 0.639. The van der Waals surface area contributed by atoms with E-state index in [0.717, 1.165) is 16.8 Å². The number of thioether (sulfide) groups is 1. The Morgan fingerprint density at radius 3 is 2.57 bits per heavy atom. The van der Waals surface area contributed by atoms with Gasteiger partial charge in [0.15, 0.2) is 0 Å². The Morgan fingerprint density at radius 1 is 1.14 bits per heavy atom. The number of amides is 1. The number of nitrogens with one attached hydrogen (secondary N) is 1. The van der Waals surface area contributed by atoms with E-state index < -0.39 is 5.25 Å². The summed E-state index contributed by atoms with van der Waals surface area (Å²) < 4.78 is 6.99. The van der Waals surface area contributed by atoms with Crippen LogP contribution in [0.2, 0.25) is 0 Å². The third-order valence-corrected chi connectivity index (χ3v) is 5.32. The number of hydrogen-bond acceptors (Lipinski definition) is 6. The molecule has 28 heavy (non-hydrogen) atoms. The number of carbonyl (C=O) groups is 1. The van der Waals surface area contributed by atoms with Gasteiger partial charge >= 0.3 is 0 Å². The SMILES string of the molecule is COc1ccc(C)cc1NC(=O)C(C)Sc1nnnn1-c1ccc(C)cc1C. The van der Waals surface area contributed by atoms with Crippen molar-refractivity contribution in [1.29, 1.82) is 0 Å². The maximum absolute atomic E-state index is 12.7. The first-order valence-electron chi connectivity index (χ1n) is 8.87. The molecule has 8 heteroatoms. The molecule has 0 aliphatic rings. The summed E-state index contributed by atoms with van der Waals surface area (Å²) in [4.78, 5) is 12.7. The molecule has 1 N–H and O–H groups in total. The van der Waals surface area contributed by atoms with Crippen molar-refractivity contribution in [2.24, 2.45) is 0 Å². The molecule has 0 aliphatic carbocycles. The standard InChI is InChI=1S/C20H23N5O2S/c1-12-6-8-17(14(3)10-12)25-20(22-23-24-25)28-15(4)19(26)21-16-11-13(2)7-9-18(16)27-5/h6-11,15H,1-5H3,(H,21,26). The van der Waals surface area contributed by atoms with Gasteiger partial charge in [0, 0.05) is 0 Å². The van der Waals surface area contributed by atoms with Gasteiger partial charge in [0.2, 0.25) is 11.1 Å². The number of rotatable bonds is 6. The molecule has 1 unspecified atom stereocenters. The van der Waals surface area contributed by atoms with Crippen molar-refractivity contribution in [2.45, 2.75) is 38.1 Å². The van der Waals surface area contributed by atoms with E-state index >= 15 is 0 Å². The van der Waals surface area contributed by atoms with Crippen molar-refractivity contribution in [3.8, 4) is 11.4 Å². The van der Waals surface area contributed by atoms with Crippen LogP contribution in [-0.2, 0) is 4.79 Å². The van der Waals surface area contributed by atoms with Gasteiger partial charge in [-0.3, -0.25) is 4.79 Å². The fourth-order valence-corrected chi connectivity index (χ4v) is 3.61. The monoisotopic (exact) mass is 397 g/mol. The molecular formula is C20H23N5O2S. The lowest BCUT2D eigenvalue weighted by Gasteiger charge is -2.15. The van der Waals surface area contributed by atoms with Gasteiger partial charge in [-0.2, -0.15) is 4.68 Å². The molecular weight excluding hydrogens is 374 g/mol. The molecule has 1 aromatic heterocycles. The van der Waals surface area contributed by atoms with E-state index in [4.69, 9.17) is 4.74 Å². The second-order valence-electron chi connectivity index (χ2n) is 6.62. The first kappa shape index (κ1) is 19.9. The second kappa shape index (κ2) is 8.43. The summed E-state index contributed by atoms with van der Waals surface area (Å²) >= 11 is 1.30. The van der Waals surface area contributed by atoms with Gasteiger partial charge in [0.1, 0.15) is 5.75 Å². The van der Waals surface area contributed by atoms with Crippen LogP contribution in [0.25, 0.3) is 5.69 Å². The van der Waals surface area contributed by atoms with Crippen LogP contribution in [0.5, 0.6) is 5.75 Å². The number of hydrogen-bond donors (Lipinski definition) is 1. The topological polar surface area (TPSA) is 81.9 Å². The molecule has 0 saturated carbocycles. The number of aryl methyl sites for hydroxylation is 3. The van der Waals surface area contributed by atoms with E-state index in [1.807, 2.05) is 58.0 Å². The van der Waals surface area contributed by atoms with Gasteiger partial charge in [0.05, 0.1) is 23.7 Å². The maximum atomic E-state index is 12.7. The Labute approximate surface area is 168 Å². The van der Waals surface area contributed by atoms with Crippen molar-refractivity contribution in [1.82, 2.24) is 20.2 Å². The summed E-state index contributed by atoms with van der Waals surface area (Å²) in [6.45, 7) is 7.84. The van der Waals surface area contributed by atoms with Crippen LogP contribution in [-0.4, -0.2) is 38.5 Å². The molecule has 0 aliphatic heterocycles. The number of nitrogens with zero attached hydrogens (tertiary/aromatic N) is 4. The minimum absolute atomic E-state index is 0.149. The van der Waals surface area contributed by atoms with E-state index in [2.05, 4.69) is 26.9 Å². The van der Waals surface area contributed by atoms with E-state index in [9.17, 15) is 4.79 Å². The number of tetrazole rings is 1. The highest BCUT2D eigenvalue weighted by Gasteiger charge is 2.21. The molecule has 3 aromatic rings. The van der Waals surface area contributed by atoms with Gasteiger partial charge in [-0.25, -0.2) is 0 Å². The average molecular weight is 398 g/mol. The van der Waals surface area contributed by atoms with Crippen molar-refractivity contribution < 1.29 is 9.53 Å². The molecule has 0 saturated heterocycles. The molecule has 146 valence electrons. The normalized spacial score (nSPS) is 11.9. The predicted molar refractivity (Wildman–Crippen MR) is 110 cm³/mol. The summed E-state index contributed by atoms with van der Waals surface area (Å²) in [7, 11) is 1.58. The smallest absolute Gasteiger partial charge is 0.237 e. The van der Waals surface area contributed by atoms with Crippen LogP contribution in [0, 0.1) is 20.8 Å². The average Bonchev–Trinajstić information content (AvgIpc) is 3.09. The van der Waals surface area contributed by atoms with Gasteiger partial charge in [-0.1, -0.05) is 35.5 Å². The van der Waals surface area contributed by atoms with E-state index in [-0.39, 0.29) is 5.91 Å². The Balaban J connectivity index is 1.77. The van der Waals surface area contributed by atoms with E-state index in [0.29, 0.717) is 16.6 Å². The lowest BCUT2D eigenvalue weighted by atomic mass is 10.1. The molecule has 2 aromatic carbocycles. The minimum atomic E-state index is -0.402. The van der Waals surface area contributed by atoms with Crippen LogP contribution in [0.1, 0.15) is 23.6 Å². The molecule has 3 rings (SSSR count). The highest BCUT2D eigenvalue weighted by Crippen LogP contribution is 2.28. The third-order valence-electron chi connectivity index (χ3n) is 4.29. The lowest BCUT2D eigenvalue weighted by molar-refractivity contribution is -0.115. The zero-order valence-electron chi connectivity index (χ0n) is 16.6. The maximum Gasteiger partial charge on any atom is 0.237 e. The van der Waals surface area contributed by atoms with Crippen LogP contribution >= 0.6 is 11.8 Å². The Bertz CT molecular complexity index is 1000. The van der Waals surface area contributed by atoms with Crippen molar-refractivity contribution in [3.63, 3.8) is 0 Å². The minimum Gasteiger partial charge on any atom is -0.495 e. The zero-order valence-corrected chi connectivity index (χ0v) is 17.4. The van der Waals surface area contributed by atoms with Gasteiger partial charge in [-0.05, 0) is 67.4 Å². The molecule has 1 amide bonds. The number of methoxy groups -OCH3 is 1. The van der Waals surface area contributed by atoms with Gasteiger partial charge < -0.3 is 10.1 Å². The van der Waals surface area contributed by atoms with E-state index in [1.165, 1.54) is 17.3 Å². The van der Waals surface area contributed by atoms with Crippen LogP contribution in [0.4, 0.5) is 5.69 Å². The number of ether oxygens (including phenoxy) is 1. The van der Waals surface area contributed by atoms with Crippen molar-refractivity contribution >= 4 is 23.4 Å². The fourth-order valence-electron chi connectivity index (χ4n) is 2.81. The van der Waals surface area contributed by atoms with Crippen LogP contribution < -0.4 is 10.1 Å². The highest BCUT2D eigenvalue weighted by atomic mass is 32.2. The number of carbonyl (C=O) groups excluding carboxylic acids is 1. The van der Waals surface area contributed by atoms with Crippen LogP contribution in [0.3, 0.4) is 0 Å². The Hall–Kier alpha value is -2.87. The fraction of sp³-hybridized carbons (Fsp3) is 0.300. The van der Waals surface area contributed by atoms with Gasteiger partial charge in [0.25, 0.3) is 0 Å². The molecule has 0 radical (unpaired) electrons. The summed E-state index contributed by atoms with van der Waals surface area (Å²) in [5, 5.41) is 15.1. The second-order valence-corrected chi connectivity index (χ2v) is 7.92. The molecule has 1 atom stereocenters. The van der Waals surface area contributed by atoms with Crippen molar-refractivity contribution in [3.05, 3.63) is 53.1 Å². The van der Waals surface area contributed by atoms with Crippen LogP contribution in [0.15, 0.2) is 41.6 Å². The molecule has 0 spiro atoms. The number of anilines is 1. The third kappa shape index (κ3) is 4.33. The molecule has 0 bridgehead atoms. The first-order valence-corrected chi connectivity index (χ1v) is 9.75. The summed E-state index contributed by atoms with van der Waals surface area (Å²) in [6, 6.07) is 11.7. The van der Waals surface area contributed by atoms with Crippen molar-refractivity contribution in [2.75, 3.05) is 12.4 Å². The predicted octanol–water partition coefficient (Wildman–Crippen LogP) is 3.72. The summed E-state index contributed by atoms with van der Waals surface area (Å²) in [5.74, 6) is 0.473. The molecule has 1 heterocycles. The first-order chi connectivity index (χ1) is 13.4. The summed E-state index contributed by atoms with van der Waals surface area (Å²) in [6.07, 6.45) is 0. The van der Waals surface area contributed by atoms with E-state index in [1.54, 1.807) is 11.8 Å². The summed E-state index contributed by atoms with van der Waals surface area (Å²) in [5.41, 5.74) is 4.81. The highest BCUT2D eigenvalue weighted by molar-refractivity contribution is 8.00. The Morgan fingerprint density at radius 2 is 1.86 bits per heavy atom.